The summed E-state index contributed by atoms with van der Waals surface area (Å²) in [6, 6.07) is 14.9. The average molecular weight is 489 g/mol. The van der Waals surface area contributed by atoms with Crippen molar-refractivity contribution >= 4 is 29.3 Å². The molecule has 1 saturated heterocycles. The third-order valence-electron chi connectivity index (χ3n) is 4.99. The number of rotatable bonds is 10. The molecule has 0 bridgehead atoms. The zero-order valence-corrected chi connectivity index (χ0v) is 19.6. The van der Waals surface area contributed by atoms with Gasteiger partial charge in [-0.2, -0.15) is 0 Å². The number of ether oxygens (including phenoxy) is 2. The van der Waals surface area contributed by atoms with Gasteiger partial charge in [0.1, 0.15) is 12.4 Å². The maximum atomic E-state index is 12.3. The molecule has 0 spiro atoms. The highest BCUT2D eigenvalue weighted by Gasteiger charge is 2.12. The highest BCUT2D eigenvalue weighted by atomic mass is 35.5. The molecule has 0 aliphatic carbocycles. The van der Waals surface area contributed by atoms with Gasteiger partial charge in [0, 0.05) is 36.8 Å². The standard InChI is InChI=1S/C23H25ClN4O4S/c24-19-6-4-18(5-7-19)22-26-27-23(32-22)33-16-21(29)25-15-17-2-1-3-20(14-17)31-13-10-28-8-11-30-12-9-28/h1-7,14H,8-13,15-16H2,(H,25,29). The minimum Gasteiger partial charge on any atom is -0.492 e. The monoisotopic (exact) mass is 488 g/mol. The van der Waals surface area contributed by atoms with Crippen LogP contribution in [0.3, 0.4) is 0 Å². The first-order valence-electron chi connectivity index (χ1n) is 10.7. The number of amides is 1. The second kappa shape index (κ2) is 12.0. The summed E-state index contributed by atoms with van der Waals surface area (Å²) in [5.41, 5.74) is 1.75. The van der Waals surface area contributed by atoms with E-state index in [-0.39, 0.29) is 11.7 Å². The first-order chi connectivity index (χ1) is 16.2. The molecule has 1 aliphatic heterocycles. The van der Waals surface area contributed by atoms with Gasteiger partial charge in [-0.05, 0) is 42.0 Å². The van der Waals surface area contributed by atoms with Gasteiger partial charge in [-0.15, -0.1) is 10.2 Å². The number of hydrogen-bond acceptors (Lipinski definition) is 8. The summed E-state index contributed by atoms with van der Waals surface area (Å²) < 4.78 is 16.8. The van der Waals surface area contributed by atoms with E-state index in [0.29, 0.717) is 29.3 Å². The Hall–Kier alpha value is -2.59. The lowest BCUT2D eigenvalue weighted by Crippen LogP contribution is -2.38. The quantitative estimate of drug-likeness (QED) is 0.434. The zero-order valence-electron chi connectivity index (χ0n) is 18.0. The van der Waals surface area contributed by atoms with Crippen LogP contribution < -0.4 is 10.1 Å². The number of nitrogens with one attached hydrogen (secondary N) is 1. The van der Waals surface area contributed by atoms with Crippen molar-refractivity contribution in [2.24, 2.45) is 0 Å². The molecule has 0 saturated carbocycles. The van der Waals surface area contributed by atoms with Crippen molar-refractivity contribution in [2.75, 3.05) is 45.2 Å². The summed E-state index contributed by atoms with van der Waals surface area (Å²) in [5, 5.41) is 11.9. The molecule has 0 unspecified atom stereocenters. The van der Waals surface area contributed by atoms with Crippen LogP contribution in [0.25, 0.3) is 11.5 Å². The molecule has 1 fully saturated rings. The van der Waals surface area contributed by atoms with Crippen LogP contribution in [-0.2, 0) is 16.1 Å². The van der Waals surface area contributed by atoms with Crippen LogP contribution in [0.2, 0.25) is 5.02 Å². The molecule has 1 aromatic heterocycles. The largest absolute Gasteiger partial charge is 0.492 e. The van der Waals surface area contributed by atoms with Crippen molar-refractivity contribution in [1.29, 1.82) is 0 Å². The summed E-state index contributed by atoms with van der Waals surface area (Å²) in [7, 11) is 0. The molecule has 1 N–H and O–H groups in total. The van der Waals surface area contributed by atoms with Crippen LogP contribution in [0, 0.1) is 0 Å². The first kappa shape index (κ1) is 23.6. The van der Waals surface area contributed by atoms with E-state index >= 15 is 0 Å². The average Bonchev–Trinajstić information content (AvgIpc) is 3.32. The van der Waals surface area contributed by atoms with E-state index in [4.69, 9.17) is 25.5 Å². The van der Waals surface area contributed by atoms with Gasteiger partial charge >= 0.3 is 0 Å². The molecule has 33 heavy (non-hydrogen) atoms. The fourth-order valence-corrected chi connectivity index (χ4v) is 3.94. The van der Waals surface area contributed by atoms with Gasteiger partial charge in [0.15, 0.2) is 0 Å². The summed E-state index contributed by atoms with van der Waals surface area (Å²) >= 11 is 7.09. The highest BCUT2D eigenvalue weighted by Crippen LogP contribution is 2.24. The Balaban J connectivity index is 1.18. The molecule has 4 rings (SSSR count). The molecule has 0 radical (unpaired) electrons. The SMILES string of the molecule is O=C(CSc1nnc(-c2ccc(Cl)cc2)o1)NCc1cccc(OCCN2CCOCC2)c1. The molecule has 174 valence electrons. The van der Waals surface area contributed by atoms with E-state index < -0.39 is 0 Å². The second-order valence-electron chi connectivity index (χ2n) is 7.40. The van der Waals surface area contributed by atoms with Gasteiger partial charge in [0.05, 0.1) is 19.0 Å². The summed E-state index contributed by atoms with van der Waals surface area (Å²) in [6.07, 6.45) is 0. The molecule has 2 heterocycles. The van der Waals surface area contributed by atoms with Crippen LogP contribution in [-0.4, -0.2) is 66.2 Å². The van der Waals surface area contributed by atoms with Crippen LogP contribution in [0.15, 0.2) is 58.2 Å². The lowest BCUT2D eigenvalue weighted by Gasteiger charge is -2.26. The van der Waals surface area contributed by atoms with E-state index in [1.807, 2.05) is 24.3 Å². The van der Waals surface area contributed by atoms with Gasteiger partial charge in [-0.1, -0.05) is 35.5 Å². The zero-order chi connectivity index (χ0) is 22.9. The van der Waals surface area contributed by atoms with Gasteiger partial charge in [-0.3, -0.25) is 9.69 Å². The fraction of sp³-hybridized carbons (Fsp3) is 0.348. The molecular weight excluding hydrogens is 464 g/mol. The van der Waals surface area contributed by atoms with Crippen molar-refractivity contribution in [3.05, 3.63) is 59.1 Å². The smallest absolute Gasteiger partial charge is 0.277 e. The molecule has 1 amide bonds. The number of carbonyl (C=O) groups excluding carboxylic acids is 1. The van der Waals surface area contributed by atoms with Crippen molar-refractivity contribution in [3.63, 3.8) is 0 Å². The summed E-state index contributed by atoms with van der Waals surface area (Å²) in [4.78, 5) is 14.6. The number of nitrogens with zero attached hydrogens (tertiary/aromatic N) is 3. The predicted molar refractivity (Wildman–Crippen MR) is 127 cm³/mol. The van der Waals surface area contributed by atoms with Gasteiger partial charge in [-0.25, -0.2) is 0 Å². The van der Waals surface area contributed by atoms with Crippen LogP contribution >= 0.6 is 23.4 Å². The second-order valence-corrected chi connectivity index (χ2v) is 8.76. The van der Waals surface area contributed by atoms with E-state index in [2.05, 4.69) is 20.4 Å². The van der Waals surface area contributed by atoms with Gasteiger partial charge in [0.25, 0.3) is 5.22 Å². The lowest BCUT2D eigenvalue weighted by molar-refractivity contribution is -0.118. The Morgan fingerprint density at radius 1 is 1.15 bits per heavy atom. The Morgan fingerprint density at radius 2 is 1.97 bits per heavy atom. The van der Waals surface area contributed by atoms with Gasteiger partial charge in [0.2, 0.25) is 11.8 Å². The van der Waals surface area contributed by atoms with E-state index in [9.17, 15) is 4.79 Å². The van der Waals surface area contributed by atoms with Crippen LogP contribution in [0.4, 0.5) is 0 Å². The minimum absolute atomic E-state index is 0.120. The maximum absolute atomic E-state index is 12.3. The number of thioether (sulfide) groups is 1. The van der Waals surface area contributed by atoms with Crippen molar-refractivity contribution in [2.45, 2.75) is 11.8 Å². The van der Waals surface area contributed by atoms with E-state index in [0.717, 1.165) is 49.7 Å². The third-order valence-corrected chi connectivity index (χ3v) is 6.06. The number of hydrogen-bond donors (Lipinski definition) is 1. The number of carbonyl (C=O) groups is 1. The predicted octanol–water partition coefficient (Wildman–Crippen LogP) is 3.51. The van der Waals surface area contributed by atoms with Gasteiger partial charge < -0.3 is 19.2 Å². The Bertz CT molecular complexity index is 1040. The number of halogens is 1. The topological polar surface area (TPSA) is 89.7 Å². The van der Waals surface area contributed by atoms with Crippen molar-refractivity contribution in [3.8, 4) is 17.2 Å². The van der Waals surface area contributed by atoms with Crippen molar-refractivity contribution in [1.82, 2.24) is 20.4 Å². The van der Waals surface area contributed by atoms with Crippen molar-refractivity contribution < 1.29 is 18.7 Å². The Kier molecular flexibility index (Phi) is 8.59. The first-order valence-corrected chi connectivity index (χ1v) is 12.0. The highest BCUT2D eigenvalue weighted by molar-refractivity contribution is 7.99. The number of aromatic nitrogens is 2. The normalized spacial score (nSPS) is 14.2. The van der Waals surface area contributed by atoms with Crippen LogP contribution in [0.1, 0.15) is 5.56 Å². The third kappa shape index (κ3) is 7.46. The molecule has 0 atom stereocenters. The fourth-order valence-electron chi connectivity index (χ4n) is 3.22. The van der Waals surface area contributed by atoms with Crippen LogP contribution in [0.5, 0.6) is 5.75 Å². The molecule has 10 heteroatoms. The van der Waals surface area contributed by atoms with E-state index in [1.54, 1.807) is 24.3 Å². The number of morpholine rings is 1. The molecule has 8 nitrogen and oxygen atoms in total. The van der Waals surface area contributed by atoms with E-state index in [1.165, 1.54) is 11.8 Å². The molecular formula is C23H25ClN4O4S. The summed E-state index contributed by atoms with van der Waals surface area (Å²) in [6.45, 7) is 5.36. The molecule has 1 aliphatic rings. The maximum Gasteiger partial charge on any atom is 0.277 e. The Morgan fingerprint density at radius 3 is 2.79 bits per heavy atom. The number of benzene rings is 2. The summed E-state index contributed by atoms with van der Waals surface area (Å²) in [5.74, 6) is 1.24. The Labute approximate surface area is 201 Å². The molecule has 3 aromatic rings. The minimum atomic E-state index is -0.120. The lowest BCUT2D eigenvalue weighted by atomic mass is 10.2. The molecule has 2 aromatic carbocycles.